The summed E-state index contributed by atoms with van der Waals surface area (Å²) < 4.78 is 1.27. The zero-order chi connectivity index (χ0) is 19.8. The molecule has 0 amide bonds. The Bertz CT molecular complexity index is 944. The van der Waals surface area contributed by atoms with E-state index in [-0.39, 0.29) is 10.8 Å². The minimum absolute atomic E-state index is 0.0842. The van der Waals surface area contributed by atoms with Gasteiger partial charge in [-0.1, -0.05) is 45.2 Å². The standard InChI is InChI=1S/C24H27N3S/c1-23(2)13-17(18(15-25)16-26)12-19(14-23)24(10-6-3-7-11-24)22-27-20-8-4-5-9-21(20)28-22/h4-5,8-9,19H,3,6-7,10-14H2,1-2H3. The number of hydrogen-bond acceptors (Lipinski definition) is 4. The third-order valence-electron chi connectivity index (χ3n) is 6.81. The SMILES string of the molecule is CC1(C)CC(=C(C#N)C#N)CC(C2(c3nc4ccccc4s3)CCCCC2)C1. The molecule has 2 saturated carbocycles. The highest BCUT2D eigenvalue weighted by atomic mass is 32.1. The largest absolute Gasteiger partial charge is 0.241 e. The molecule has 2 aliphatic carbocycles. The fourth-order valence-corrected chi connectivity index (χ4v) is 6.88. The first-order chi connectivity index (χ1) is 13.5. The van der Waals surface area contributed by atoms with Gasteiger partial charge in [-0.05, 0) is 61.1 Å². The Morgan fingerprint density at radius 2 is 1.82 bits per heavy atom. The molecule has 1 aromatic carbocycles. The average Bonchev–Trinajstić information content (AvgIpc) is 3.13. The minimum atomic E-state index is 0.0842. The predicted molar refractivity (Wildman–Crippen MR) is 114 cm³/mol. The molecule has 3 nitrogen and oxygen atoms in total. The van der Waals surface area contributed by atoms with Crippen molar-refractivity contribution in [2.45, 2.75) is 70.6 Å². The summed E-state index contributed by atoms with van der Waals surface area (Å²) >= 11 is 1.86. The number of nitrogens with zero attached hydrogens (tertiary/aromatic N) is 3. The van der Waals surface area contributed by atoms with E-state index in [1.54, 1.807) is 0 Å². The van der Waals surface area contributed by atoms with Crippen LogP contribution in [0.5, 0.6) is 0 Å². The number of fused-ring (bicyclic) bond motifs is 1. The van der Waals surface area contributed by atoms with Gasteiger partial charge in [0.2, 0.25) is 0 Å². The molecule has 1 atom stereocenters. The Morgan fingerprint density at radius 3 is 2.50 bits per heavy atom. The molecule has 4 heteroatoms. The Hall–Kier alpha value is -2.17. The van der Waals surface area contributed by atoms with E-state index < -0.39 is 0 Å². The van der Waals surface area contributed by atoms with Crippen molar-refractivity contribution in [3.8, 4) is 12.1 Å². The van der Waals surface area contributed by atoms with Crippen molar-refractivity contribution >= 4 is 21.6 Å². The molecule has 4 rings (SSSR count). The van der Waals surface area contributed by atoms with Gasteiger partial charge in [-0.3, -0.25) is 0 Å². The lowest BCUT2D eigenvalue weighted by Crippen LogP contribution is -2.42. The zero-order valence-electron chi connectivity index (χ0n) is 16.8. The molecular weight excluding hydrogens is 362 g/mol. The molecule has 2 aliphatic rings. The van der Waals surface area contributed by atoms with Gasteiger partial charge in [0.25, 0.3) is 0 Å². The molecule has 2 aromatic rings. The first-order valence-electron chi connectivity index (χ1n) is 10.4. The normalized spacial score (nSPS) is 23.7. The first-order valence-corrected chi connectivity index (χ1v) is 11.2. The van der Waals surface area contributed by atoms with Crippen molar-refractivity contribution < 1.29 is 0 Å². The highest BCUT2D eigenvalue weighted by molar-refractivity contribution is 7.18. The van der Waals surface area contributed by atoms with Gasteiger partial charge in [0.1, 0.15) is 22.7 Å². The molecule has 28 heavy (non-hydrogen) atoms. The molecule has 0 N–H and O–H groups in total. The van der Waals surface area contributed by atoms with Gasteiger partial charge < -0.3 is 0 Å². The van der Waals surface area contributed by atoms with E-state index in [4.69, 9.17) is 4.98 Å². The Kier molecular flexibility index (Phi) is 5.02. The second-order valence-corrected chi connectivity index (χ2v) is 10.4. The van der Waals surface area contributed by atoms with Crippen molar-refractivity contribution in [1.29, 1.82) is 10.5 Å². The lowest BCUT2D eigenvalue weighted by Gasteiger charge is -2.48. The monoisotopic (exact) mass is 389 g/mol. The van der Waals surface area contributed by atoms with E-state index in [1.165, 1.54) is 41.8 Å². The third-order valence-corrected chi connectivity index (χ3v) is 8.06. The molecule has 1 heterocycles. The van der Waals surface area contributed by atoms with E-state index in [1.807, 2.05) is 11.3 Å². The van der Waals surface area contributed by atoms with Crippen LogP contribution in [0.3, 0.4) is 0 Å². The Morgan fingerprint density at radius 1 is 1.11 bits per heavy atom. The second kappa shape index (κ2) is 7.34. The number of para-hydroxylation sites is 1. The van der Waals surface area contributed by atoms with Crippen LogP contribution < -0.4 is 0 Å². The van der Waals surface area contributed by atoms with Gasteiger partial charge in [-0.15, -0.1) is 11.3 Å². The van der Waals surface area contributed by atoms with Crippen molar-refractivity contribution in [1.82, 2.24) is 4.98 Å². The summed E-state index contributed by atoms with van der Waals surface area (Å²) in [7, 11) is 0. The van der Waals surface area contributed by atoms with Crippen LogP contribution in [0.25, 0.3) is 10.2 Å². The van der Waals surface area contributed by atoms with Gasteiger partial charge in [0, 0.05) is 5.41 Å². The number of rotatable bonds is 2. The lowest BCUT2D eigenvalue weighted by atomic mass is 9.56. The molecule has 144 valence electrons. The molecule has 2 fully saturated rings. The van der Waals surface area contributed by atoms with Gasteiger partial charge in [-0.2, -0.15) is 10.5 Å². The van der Waals surface area contributed by atoms with Gasteiger partial charge in [0.15, 0.2) is 0 Å². The van der Waals surface area contributed by atoms with Crippen molar-refractivity contribution in [3.63, 3.8) is 0 Å². The summed E-state index contributed by atoms with van der Waals surface area (Å²) in [6.07, 6.45) is 9.00. The van der Waals surface area contributed by atoms with E-state index in [9.17, 15) is 10.5 Å². The van der Waals surface area contributed by atoms with E-state index >= 15 is 0 Å². The molecule has 0 spiro atoms. The third kappa shape index (κ3) is 3.36. The van der Waals surface area contributed by atoms with Crippen molar-refractivity contribution in [2.75, 3.05) is 0 Å². The maximum Gasteiger partial charge on any atom is 0.128 e. The van der Waals surface area contributed by atoms with Gasteiger partial charge in [-0.25, -0.2) is 4.98 Å². The molecule has 1 unspecified atom stereocenters. The van der Waals surface area contributed by atoms with Crippen molar-refractivity contribution in [2.24, 2.45) is 11.3 Å². The smallest absolute Gasteiger partial charge is 0.128 e. The number of hydrogen-bond donors (Lipinski definition) is 0. The van der Waals surface area contributed by atoms with Gasteiger partial charge in [0.05, 0.1) is 10.2 Å². The predicted octanol–water partition coefficient (Wildman–Crippen LogP) is 6.67. The number of benzene rings is 1. The summed E-state index contributed by atoms with van der Waals surface area (Å²) in [4.78, 5) is 5.11. The van der Waals surface area contributed by atoms with Crippen molar-refractivity contribution in [3.05, 3.63) is 40.4 Å². The van der Waals surface area contributed by atoms with Crippen LogP contribution in [-0.4, -0.2) is 4.98 Å². The number of nitriles is 2. The molecule has 0 aliphatic heterocycles. The van der Waals surface area contributed by atoms with E-state index in [2.05, 4.69) is 50.3 Å². The summed E-state index contributed by atoms with van der Waals surface area (Å²) in [5.41, 5.74) is 2.71. The van der Waals surface area contributed by atoms with Crippen LogP contribution in [-0.2, 0) is 5.41 Å². The average molecular weight is 390 g/mol. The highest BCUT2D eigenvalue weighted by Crippen LogP contribution is 2.56. The highest BCUT2D eigenvalue weighted by Gasteiger charge is 2.48. The topological polar surface area (TPSA) is 60.5 Å². The van der Waals surface area contributed by atoms with E-state index in [0.717, 1.165) is 30.4 Å². The maximum absolute atomic E-state index is 9.48. The Balaban J connectivity index is 1.82. The zero-order valence-corrected chi connectivity index (χ0v) is 17.6. The summed E-state index contributed by atoms with van der Waals surface area (Å²) in [6.45, 7) is 4.58. The second-order valence-electron chi connectivity index (χ2n) is 9.35. The van der Waals surface area contributed by atoms with Crippen LogP contribution in [0.2, 0.25) is 0 Å². The van der Waals surface area contributed by atoms with E-state index in [0.29, 0.717) is 11.5 Å². The molecule has 0 radical (unpaired) electrons. The number of thiazole rings is 1. The van der Waals surface area contributed by atoms with Crippen LogP contribution in [0.15, 0.2) is 35.4 Å². The first kappa shape index (κ1) is 19.2. The molecule has 1 aromatic heterocycles. The Labute approximate surface area is 171 Å². The molecule has 0 saturated heterocycles. The number of allylic oxidation sites excluding steroid dienone is 2. The minimum Gasteiger partial charge on any atom is -0.241 e. The van der Waals surface area contributed by atoms with Crippen LogP contribution in [0.4, 0.5) is 0 Å². The quantitative estimate of drug-likeness (QED) is 0.539. The van der Waals surface area contributed by atoms with Crippen LogP contribution >= 0.6 is 11.3 Å². The fraction of sp³-hybridized carbons (Fsp3) is 0.542. The maximum atomic E-state index is 9.48. The van der Waals surface area contributed by atoms with Crippen LogP contribution in [0.1, 0.15) is 70.2 Å². The van der Waals surface area contributed by atoms with Crippen LogP contribution in [0, 0.1) is 34.0 Å². The number of aromatic nitrogens is 1. The molecular formula is C24H27N3S. The summed E-state index contributed by atoms with van der Waals surface area (Å²) in [5, 5.41) is 20.2. The molecule has 0 bridgehead atoms. The lowest BCUT2D eigenvalue weighted by molar-refractivity contribution is 0.108. The summed E-state index contributed by atoms with van der Waals surface area (Å²) in [5.74, 6) is 0.448. The summed E-state index contributed by atoms with van der Waals surface area (Å²) in [6, 6.07) is 12.8. The van der Waals surface area contributed by atoms with Gasteiger partial charge >= 0.3 is 0 Å². The fourth-order valence-electron chi connectivity index (χ4n) is 5.59.